The largest absolute Gasteiger partial charge is 0.205 e. The first kappa shape index (κ1) is 20.2. The number of unbranched alkanes of at least 4 members (excludes halogenated alkanes) is 12. The van der Waals surface area contributed by atoms with Crippen molar-refractivity contribution in [2.24, 2.45) is 0 Å². The van der Waals surface area contributed by atoms with Crippen LogP contribution in [0.4, 0.5) is 0 Å². The predicted octanol–water partition coefficient (Wildman–Crippen LogP) is 6.63. The Balaban J connectivity index is 1.84. The van der Waals surface area contributed by atoms with E-state index in [1.807, 2.05) is 0 Å². The van der Waals surface area contributed by atoms with Crippen molar-refractivity contribution >= 4 is 0 Å². The number of nitrogens with zero attached hydrogens (tertiary/aromatic N) is 1. The highest BCUT2D eigenvalue weighted by Crippen LogP contribution is 2.12. The van der Waals surface area contributed by atoms with Crippen molar-refractivity contribution in [2.45, 2.75) is 110 Å². The third-order valence-electron chi connectivity index (χ3n) is 4.85. The Morgan fingerprint density at radius 1 is 0.696 bits per heavy atom. The van der Waals surface area contributed by atoms with Crippen molar-refractivity contribution in [2.75, 3.05) is 0 Å². The van der Waals surface area contributed by atoms with Crippen LogP contribution in [0.1, 0.15) is 103 Å². The smallest absolute Gasteiger partial charge is 0.171 e. The molecular weight excluding hydrogens is 278 g/mol. The first-order valence-corrected chi connectivity index (χ1v) is 10.3. The summed E-state index contributed by atoms with van der Waals surface area (Å²) in [5.41, 5.74) is 1.45. The second-order valence-corrected chi connectivity index (χ2v) is 7.05. The zero-order valence-electron chi connectivity index (χ0n) is 15.9. The van der Waals surface area contributed by atoms with E-state index in [-0.39, 0.29) is 0 Å². The van der Waals surface area contributed by atoms with E-state index < -0.39 is 0 Å². The Morgan fingerprint density at radius 3 is 1.74 bits per heavy atom. The number of hydrogen-bond acceptors (Lipinski definition) is 0. The number of rotatable bonds is 15. The lowest BCUT2D eigenvalue weighted by atomic mass is 10.0. The van der Waals surface area contributed by atoms with E-state index in [0.29, 0.717) is 0 Å². The van der Waals surface area contributed by atoms with Crippen molar-refractivity contribution in [3.63, 3.8) is 0 Å². The van der Waals surface area contributed by atoms with Crippen LogP contribution in [0.15, 0.2) is 24.5 Å². The quantitative estimate of drug-likeness (QED) is 0.252. The van der Waals surface area contributed by atoms with Gasteiger partial charge in [-0.3, -0.25) is 0 Å². The summed E-state index contributed by atoms with van der Waals surface area (Å²) in [5.74, 6) is 0. The summed E-state index contributed by atoms with van der Waals surface area (Å²) < 4.78 is 2.36. The van der Waals surface area contributed by atoms with Crippen LogP contribution in [0.3, 0.4) is 0 Å². The Kier molecular flexibility index (Phi) is 12.9. The first-order chi connectivity index (χ1) is 11.4. The van der Waals surface area contributed by atoms with Crippen molar-refractivity contribution in [3.05, 3.63) is 30.1 Å². The lowest BCUT2D eigenvalue weighted by Gasteiger charge is -2.03. The van der Waals surface area contributed by atoms with Gasteiger partial charge in [0.2, 0.25) is 0 Å². The SMILES string of the molecule is CCCCCCCCCCCCCCC[n+]1cccc(CC)c1. The molecule has 1 rings (SSSR count). The fourth-order valence-electron chi connectivity index (χ4n) is 3.24. The molecule has 0 saturated carbocycles. The normalized spacial score (nSPS) is 11.0. The molecule has 0 atom stereocenters. The molecule has 1 heteroatoms. The van der Waals surface area contributed by atoms with Crippen molar-refractivity contribution in [1.82, 2.24) is 0 Å². The summed E-state index contributed by atoms with van der Waals surface area (Å²) in [4.78, 5) is 0. The number of pyridine rings is 1. The summed E-state index contributed by atoms with van der Waals surface area (Å²) in [5, 5.41) is 0. The van der Waals surface area contributed by atoms with E-state index in [1.165, 1.54) is 95.6 Å². The van der Waals surface area contributed by atoms with Gasteiger partial charge in [0.1, 0.15) is 6.54 Å². The molecule has 0 radical (unpaired) electrons. The summed E-state index contributed by atoms with van der Waals surface area (Å²) >= 11 is 0. The lowest BCUT2D eigenvalue weighted by Crippen LogP contribution is -2.33. The van der Waals surface area contributed by atoms with Gasteiger partial charge in [-0.1, -0.05) is 84.5 Å². The maximum absolute atomic E-state index is 2.36. The zero-order valence-corrected chi connectivity index (χ0v) is 15.9. The van der Waals surface area contributed by atoms with E-state index in [1.54, 1.807) is 0 Å². The second-order valence-electron chi connectivity index (χ2n) is 7.05. The molecule has 1 aromatic rings. The maximum atomic E-state index is 2.36. The minimum Gasteiger partial charge on any atom is -0.205 e. The molecule has 0 aliphatic carbocycles. The fourth-order valence-corrected chi connectivity index (χ4v) is 3.24. The molecule has 0 aliphatic rings. The van der Waals surface area contributed by atoms with E-state index in [4.69, 9.17) is 0 Å². The molecule has 0 aromatic carbocycles. The van der Waals surface area contributed by atoms with E-state index >= 15 is 0 Å². The second kappa shape index (κ2) is 14.7. The molecular formula is C22H40N+. The minimum absolute atomic E-state index is 1.14. The van der Waals surface area contributed by atoms with Crippen LogP contribution in [-0.4, -0.2) is 0 Å². The van der Waals surface area contributed by atoms with Crippen LogP contribution in [0, 0.1) is 0 Å². The third kappa shape index (κ3) is 11.3. The summed E-state index contributed by atoms with van der Waals surface area (Å²) in [6, 6.07) is 4.40. The summed E-state index contributed by atoms with van der Waals surface area (Å²) in [7, 11) is 0. The summed E-state index contributed by atoms with van der Waals surface area (Å²) in [6.45, 7) is 5.71. The highest BCUT2D eigenvalue weighted by atomic mass is 14.9. The highest BCUT2D eigenvalue weighted by molar-refractivity contribution is 5.04. The van der Waals surface area contributed by atoms with Crippen LogP contribution < -0.4 is 4.57 Å². The number of hydrogen-bond donors (Lipinski definition) is 0. The van der Waals surface area contributed by atoms with Crippen LogP contribution in [0.5, 0.6) is 0 Å². The van der Waals surface area contributed by atoms with Crippen molar-refractivity contribution < 1.29 is 4.57 Å². The molecule has 23 heavy (non-hydrogen) atoms. The van der Waals surface area contributed by atoms with Gasteiger partial charge in [0.15, 0.2) is 12.4 Å². The van der Waals surface area contributed by atoms with Crippen LogP contribution in [-0.2, 0) is 13.0 Å². The molecule has 0 bridgehead atoms. The van der Waals surface area contributed by atoms with Gasteiger partial charge in [-0.15, -0.1) is 0 Å². The molecule has 0 unspecified atom stereocenters. The molecule has 132 valence electrons. The van der Waals surface area contributed by atoms with E-state index in [9.17, 15) is 0 Å². The van der Waals surface area contributed by atoms with Gasteiger partial charge >= 0.3 is 0 Å². The minimum atomic E-state index is 1.14. The van der Waals surface area contributed by atoms with Gasteiger partial charge in [-0.05, 0) is 18.9 Å². The van der Waals surface area contributed by atoms with Crippen LogP contribution in [0.25, 0.3) is 0 Å². The van der Waals surface area contributed by atoms with E-state index in [0.717, 1.165) is 6.42 Å². The fraction of sp³-hybridized carbons (Fsp3) is 0.773. The summed E-state index contributed by atoms with van der Waals surface area (Å²) in [6.07, 6.45) is 24.3. The number of aryl methyl sites for hydroxylation is 2. The molecule has 1 aromatic heterocycles. The number of aromatic nitrogens is 1. The van der Waals surface area contributed by atoms with Gasteiger partial charge in [-0.2, -0.15) is 0 Å². The van der Waals surface area contributed by atoms with E-state index in [2.05, 4.69) is 42.9 Å². The lowest BCUT2D eigenvalue weighted by molar-refractivity contribution is -0.697. The third-order valence-corrected chi connectivity index (χ3v) is 4.85. The van der Waals surface area contributed by atoms with Gasteiger partial charge in [0, 0.05) is 18.1 Å². The van der Waals surface area contributed by atoms with Gasteiger partial charge in [-0.25, -0.2) is 4.57 Å². The standard InChI is InChI=1S/C22H40N/c1-3-5-6-7-8-9-10-11-12-13-14-15-16-19-23-20-17-18-22(4-2)21-23/h17-18,20-21H,3-16,19H2,1-2H3/q+1. The molecule has 0 spiro atoms. The average molecular weight is 319 g/mol. The van der Waals surface area contributed by atoms with Crippen molar-refractivity contribution in [3.8, 4) is 0 Å². The Bertz CT molecular complexity index is 372. The molecule has 0 aliphatic heterocycles. The Morgan fingerprint density at radius 2 is 1.22 bits per heavy atom. The van der Waals surface area contributed by atoms with Gasteiger partial charge in [0.05, 0.1) is 0 Å². The van der Waals surface area contributed by atoms with Crippen LogP contribution in [0.2, 0.25) is 0 Å². The molecule has 1 heterocycles. The highest BCUT2D eigenvalue weighted by Gasteiger charge is 2.01. The molecule has 0 N–H and O–H groups in total. The predicted molar refractivity (Wildman–Crippen MR) is 102 cm³/mol. The molecule has 1 nitrogen and oxygen atoms in total. The first-order valence-electron chi connectivity index (χ1n) is 10.3. The van der Waals surface area contributed by atoms with Gasteiger partial charge < -0.3 is 0 Å². The monoisotopic (exact) mass is 318 g/mol. The van der Waals surface area contributed by atoms with Crippen molar-refractivity contribution in [1.29, 1.82) is 0 Å². The van der Waals surface area contributed by atoms with Gasteiger partial charge in [0.25, 0.3) is 0 Å². The maximum Gasteiger partial charge on any atom is 0.171 e. The Labute approximate surface area is 145 Å². The topological polar surface area (TPSA) is 3.88 Å². The zero-order chi connectivity index (χ0) is 16.6. The Hall–Kier alpha value is -0.850. The van der Waals surface area contributed by atoms with Crippen LogP contribution >= 0.6 is 0 Å². The molecule has 0 fully saturated rings. The molecule has 0 saturated heterocycles. The molecule has 0 amide bonds. The average Bonchev–Trinajstić information content (AvgIpc) is 2.59.